The molecule has 0 spiro atoms. The molecule has 1 N–H and O–H groups in total. The average molecular weight is 372 g/mol. The van der Waals surface area contributed by atoms with Gasteiger partial charge in [0.15, 0.2) is 0 Å². The summed E-state index contributed by atoms with van der Waals surface area (Å²) in [6, 6.07) is 16.5. The molecule has 2 aromatic carbocycles. The predicted molar refractivity (Wildman–Crippen MR) is 105 cm³/mol. The maximum atomic E-state index is 12.9. The van der Waals surface area contributed by atoms with Gasteiger partial charge in [-0.1, -0.05) is 48.6 Å². The van der Waals surface area contributed by atoms with Crippen LogP contribution in [0.1, 0.15) is 12.0 Å². The van der Waals surface area contributed by atoms with Gasteiger partial charge < -0.3 is 5.32 Å². The normalized spacial score (nSPS) is 27.4. The van der Waals surface area contributed by atoms with Crippen molar-refractivity contribution in [2.75, 3.05) is 10.2 Å². The van der Waals surface area contributed by atoms with E-state index in [1.807, 2.05) is 30.3 Å². The van der Waals surface area contributed by atoms with E-state index in [0.717, 1.165) is 12.0 Å². The molecule has 140 valence electrons. The fourth-order valence-electron chi connectivity index (χ4n) is 4.87. The first-order valence-electron chi connectivity index (χ1n) is 9.62. The summed E-state index contributed by atoms with van der Waals surface area (Å²) >= 11 is 0. The lowest BCUT2D eigenvalue weighted by Crippen LogP contribution is -2.32. The van der Waals surface area contributed by atoms with Crippen molar-refractivity contribution in [1.82, 2.24) is 0 Å². The number of carbonyl (C=O) groups is 3. The van der Waals surface area contributed by atoms with Crippen molar-refractivity contribution < 1.29 is 14.4 Å². The average Bonchev–Trinajstić information content (AvgIpc) is 3.36. The topological polar surface area (TPSA) is 66.5 Å². The molecule has 2 fully saturated rings. The molecule has 1 saturated carbocycles. The molecule has 4 atom stereocenters. The zero-order valence-corrected chi connectivity index (χ0v) is 15.2. The predicted octanol–water partition coefficient (Wildman–Crippen LogP) is 3.18. The lowest BCUT2D eigenvalue weighted by molar-refractivity contribution is -0.123. The number of carbonyl (C=O) groups excluding carboxylic acids is 3. The van der Waals surface area contributed by atoms with Crippen LogP contribution in [0.2, 0.25) is 0 Å². The Bertz CT molecular complexity index is 968. The molecule has 0 aromatic heterocycles. The molecule has 5 rings (SSSR count). The zero-order valence-electron chi connectivity index (χ0n) is 15.2. The van der Waals surface area contributed by atoms with Gasteiger partial charge in [-0.15, -0.1) is 0 Å². The van der Waals surface area contributed by atoms with Crippen LogP contribution >= 0.6 is 0 Å². The van der Waals surface area contributed by atoms with Gasteiger partial charge in [-0.2, -0.15) is 0 Å². The second-order valence-electron chi connectivity index (χ2n) is 7.77. The minimum atomic E-state index is -0.223. The number of hydrogen-bond acceptors (Lipinski definition) is 3. The largest absolute Gasteiger partial charge is 0.326 e. The highest BCUT2D eigenvalue weighted by atomic mass is 16.2. The number of nitrogens with one attached hydrogen (secondary N) is 1. The Labute approximate surface area is 163 Å². The van der Waals surface area contributed by atoms with Gasteiger partial charge in [0.1, 0.15) is 0 Å². The maximum absolute atomic E-state index is 12.9. The zero-order chi connectivity index (χ0) is 19.3. The molecular weight excluding hydrogens is 352 g/mol. The first-order chi connectivity index (χ1) is 13.6. The van der Waals surface area contributed by atoms with E-state index in [-0.39, 0.29) is 47.8 Å². The van der Waals surface area contributed by atoms with E-state index >= 15 is 0 Å². The summed E-state index contributed by atoms with van der Waals surface area (Å²) in [4.78, 5) is 39.5. The van der Waals surface area contributed by atoms with E-state index in [0.29, 0.717) is 11.4 Å². The lowest BCUT2D eigenvalue weighted by Gasteiger charge is -2.18. The number of nitrogens with zero attached hydrogens (tertiary/aromatic N) is 1. The van der Waals surface area contributed by atoms with E-state index in [4.69, 9.17) is 0 Å². The fourth-order valence-corrected chi connectivity index (χ4v) is 4.87. The van der Waals surface area contributed by atoms with Gasteiger partial charge in [0, 0.05) is 5.69 Å². The molecular formula is C23H20N2O3. The molecule has 0 radical (unpaired) electrons. The molecule has 0 unspecified atom stereocenters. The van der Waals surface area contributed by atoms with E-state index in [1.54, 1.807) is 24.3 Å². The van der Waals surface area contributed by atoms with Gasteiger partial charge in [-0.25, -0.2) is 4.90 Å². The number of hydrogen-bond donors (Lipinski definition) is 1. The van der Waals surface area contributed by atoms with Gasteiger partial charge in [-0.05, 0) is 42.0 Å². The summed E-state index contributed by atoms with van der Waals surface area (Å²) in [5.74, 6) is -0.436. The standard InChI is InChI=1S/C23H20N2O3/c26-19(11-14-5-2-1-3-6-14)24-17-7-4-8-18(13-17)25-22(27)20-15-9-10-16(12-15)21(20)23(25)28/h1-10,13,15-16,20-21H,11-12H2,(H,24,26)/t15-,16+,20-,21+. The lowest BCUT2D eigenvalue weighted by atomic mass is 9.85. The number of amides is 3. The summed E-state index contributed by atoms with van der Waals surface area (Å²) in [7, 11) is 0. The number of allylic oxidation sites excluding steroid dienone is 2. The van der Waals surface area contributed by atoms with Crippen molar-refractivity contribution in [3.63, 3.8) is 0 Å². The van der Waals surface area contributed by atoms with Crippen molar-refractivity contribution in [1.29, 1.82) is 0 Å². The van der Waals surface area contributed by atoms with Crippen LogP contribution in [0.25, 0.3) is 0 Å². The Morgan fingerprint density at radius 2 is 1.61 bits per heavy atom. The van der Waals surface area contributed by atoms with Crippen molar-refractivity contribution in [3.05, 3.63) is 72.3 Å². The molecule has 1 heterocycles. The Morgan fingerprint density at radius 1 is 0.929 bits per heavy atom. The van der Waals surface area contributed by atoms with Gasteiger partial charge in [0.05, 0.1) is 23.9 Å². The van der Waals surface area contributed by atoms with Crippen LogP contribution in [0.15, 0.2) is 66.7 Å². The Morgan fingerprint density at radius 3 is 2.29 bits per heavy atom. The van der Waals surface area contributed by atoms with E-state index in [1.165, 1.54) is 4.90 Å². The van der Waals surface area contributed by atoms with Crippen LogP contribution in [0.3, 0.4) is 0 Å². The van der Waals surface area contributed by atoms with Gasteiger partial charge in [0.2, 0.25) is 17.7 Å². The molecule has 1 saturated heterocycles. The Balaban J connectivity index is 1.34. The molecule has 2 bridgehead atoms. The maximum Gasteiger partial charge on any atom is 0.238 e. The number of benzene rings is 2. The second kappa shape index (κ2) is 6.44. The molecule has 2 aromatic rings. The van der Waals surface area contributed by atoms with Crippen LogP contribution in [0.4, 0.5) is 11.4 Å². The number of anilines is 2. The number of imide groups is 1. The summed E-state index contributed by atoms with van der Waals surface area (Å²) in [6.07, 6.45) is 5.35. The van der Waals surface area contributed by atoms with Gasteiger partial charge in [0.25, 0.3) is 0 Å². The molecule has 5 nitrogen and oxygen atoms in total. The quantitative estimate of drug-likeness (QED) is 0.662. The van der Waals surface area contributed by atoms with E-state index in [2.05, 4.69) is 17.5 Å². The van der Waals surface area contributed by atoms with Gasteiger partial charge in [-0.3, -0.25) is 14.4 Å². The van der Waals surface area contributed by atoms with Crippen LogP contribution in [-0.2, 0) is 20.8 Å². The monoisotopic (exact) mass is 372 g/mol. The summed E-state index contributed by atoms with van der Waals surface area (Å²) in [5, 5.41) is 2.86. The summed E-state index contributed by atoms with van der Waals surface area (Å²) in [5.41, 5.74) is 2.04. The molecule has 1 aliphatic heterocycles. The van der Waals surface area contributed by atoms with Crippen molar-refractivity contribution in [3.8, 4) is 0 Å². The van der Waals surface area contributed by atoms with Crippen LogP contribution in [0, 0.1) is 23.7 Å². The fraction of sp³-hybridized carbons (Fsp3) is 0.261. The third-order valence-electron chi connectivity index (χ3n) is 6.07. The SMILES string of the molecule is O=C(Cc1ccccc1)Nc1cccc(N2C(=O)[C@@H]3[C@H](C2=O)[C@@H]2C=C[C@H]3C2)c1. The van der Waals surface area contributed by atoms with Crippen molar-refractivity contribution in [2.45, 2.75) is 12.8 Å². The molecule has 3 amide bonds. The van der Waals surface area contributed by atoms with Crippen molar-refractivity contribution in [2.24, 2.45) is 23.7 Å². The highest BCUT2D eigenvalue weighted by Crippen LogP contribution is 2.53. The first-order valence-corrected chi connectivity index (χ1v) is 9.62. The number of fused-ring (bicyclic) bond motifs is 5. The first kappa shape index (κ1) is 16.9. The van der Waals surface area contributed by atoms with E-state index < -0.39 is 0 Å². The Kier molecular flexibility index (Phi) is 3.90. The van der Waals surface area contributed by atoms with Crippen molar-refractivity contribution >= 4 is 29.1 Å². The van der Waals surface area contributed by atoms with Crippen LogP contribution in [-0.4, -0.2) is 17.7 Å². The molecule has 5 heteroatoms. The number of rotatable bonds is 4. The van der Waals surface area contributed by atoms with E-state index in [9.17, 15) is 14.4 Å². The third-order valence-corrected chi connectivity index (χ3v) is 6.07. The summed E-state index contributed by atoms with van der Waals surface area (Å²) in [6.45, 7) is 0. The minimum Gasteiger partial charge on any atom is -0.326 e. The van der Waals surface area contributed by atoms with Gasteiger partial charge >= 0.3 is 0 Å². The second-order valence-corrected chi connectivity index (χ2v) is 7.77. The smallest absolute Gasteiger partial charge is 0.238 e. The highest BCUT2D eigenvalue weighted by molar-refractivity contribution is 6.23. The summed E-state index contributed by atoms with van der Waals surface area (Å²) < 4.78 is 0. The minimum absolute atomic E-state index is 0.111. The molecule has 2 aliphatic carbocycles. The van der Waals surface area contributed by atoms with Crippen LogP contribution < -0.4 is 10.2 Å². The highest BCUT2D eigenvalue weighted by Gasteiger charge is 2.59. The molecule has 3 aliphatic rings. The Hall–Kier alpha value is -3.21. The van der Waals surface area contributed by atoms with Crippen LogP contribution in [0.5, 0.6) is 0 Å². The molecule has 28 heavy (non-hydrogen) atoms. The third kappa shape index (κ3) is 2.66.